The van der Waals surface area contributed by atoms with Gasteiger partial charge in [-0.2, -0.15) is 0 Å². The maximum absolute atomic E-state index is 10.5. The van der Waals surface area contributed by atoms with Crippen LogP contribution in [-0.2, 0) is 12.8 Å². The van der Waals surface area contributed by atoms with Crippen molar-refractivity contribution < 1.29 is 9.84 Å². The molecule has 0 radical (unpaired) electrons. The van der Waals surface area contributed by atoms with E-state index >= 15 is 0 Å². The lowest BCUT2D eigenvalue weighted by molar-refractivity contribution is -0.00702. The molecule has 1 aliphatic heterocycles. The molecule has 2 aliphatic rings. The van der Waals surface area contributed by atoms with Crippen molar-refractivity contribution >= 4 is 11.6 Å². The van der Waals surface area contributed by atoms with Crippen LogP contribution in [-0.4, -0.2) is 10.7 Å². The van der Waals surface area contributed by atoms with E-state index in [-0.39, 0.29) is 5.60 Å². The maximum Gasteiger partial charge on any atom is 0.126 e. The number of benzene rings is 2. The van der Waals surface area contributed by atoms with Crippen LogP contribution in [0, 0.1) is 0 Å². The monoisotopic (exact) mass is 286 g/mol. The Balaban J connectivity index is 1.73. The summed E-state index contributed by atoms with van der Waals surface area (Å²) in [4.78, 5) is 0. The molecule has 102 valence electrons. The van der Waals surface area contributed by atoms with Gasteiger partial charge in [0.25, 0.3) is 0 Å². The van der Waals surface area contributed by atoms with Crippen LogP contribution in [0.3, 0.4) is 0 Å². The van der Waals surface area contributed by atoms with Gasteiger partial charge >= 0.3 is 0 Å². The first kappa shape index (κ1) is 12.2. The molecule has 2 aromatic rings. The summed E-state index contributed by atoms with van der Waals surface area (Å²) < 4.78 is 6.27. The fraction of sp³-hybridized carbons (Fsp3) is 0.294. The molecular formula is C17H15ClO2. The fourth-order valence-electron chi connectivity index (χ4n) is 3.49. The van der Waals surface area contributed by atoms with Crippen LogP contribution in [0.25, 0.3) is 0 Å². The molecular weight excluding hydrogens is 272 g/mol. The highest BCUT2D eigenvalue weighted by Gasteiger charge is 2.44. The van der Waals surface area contributed by atoms with Crippen molar-refractivity contribution in [3.8, 4) is 5.75 Å². The van der Waals surface area contributed by atoms with Crippen molar-refractivity contribution in [2.75, 3.05) is 0 Å². The summed E-state index contributed by atoms with van der Waals surface area (Å²) in [6, 6.07) is 13.9. The van der Waals surface area contributed by atoms with Crippen molar-refractivity contribution in [2.24, 2.45) is 0 Å². The molecule has 1 aliphatic carbocycles. The van der Waals surface area contributed by atoms with E-state index in [1.165, 1.54) is 11.1 Å². The van der Waals surface area contributed by atoms with E-state index in [0.717, 1.165) is 24.2 Å². The lowest BCUT2D eigenvalue weighted by Crippen LogP contribution is -2.42. The van der Waals surface area contributed by atoms with Crippen LogP contribution in [0.4, 0.5) is 0 Å². The summed E-state index contributed by atoms with van der Waals surface area (Å²) in [5.74, 6) is 0.765. The second-order valence-corrected chi connectivity index (χ2v) is 6.25. The smallest absolute Gasteiger partial charge is 0.126 e. The topological polar surface area (TPSA) is 29.5 Å². The normalized spacial score (nSPS) is 22.2. The Bertz CT molecular complexity index is 655. The van der Waals surface area contributed by atoms with Gasteiger partial charge in [0.05, 0.1) is 6.10 Å². The van der Waals surface area contributed by atoms with E-state index in [1.54, 1.807) is 6.07 Å². The van der Waals surface area contributed by atoms with E-state index < -0.39 is 6.10 Å². The molecule has 0 saturated carbocycles. The Labute approximate surface area is 123 Å². The summed E-state index contributed by atoms with van der Waals surface area (Å²) in [7, 11) is 0. The minimum atomic E-state index is -0.508. The molecule has 1 spiro atoms. The fourth-order valence-corrected chi connectivity index (χ4v) is 3.67. The van der Waals surface area contributed by atoms with Crippen molar-refractivity contribution in [3.05, 3.63) is 64.2 Å². The molecule has 2 aromatic carbocycles. The van der Waals surface area contributed by atoms with Gasteiger partial charge in [-0.05, 0) is 29.3 Å². The zero-order chi connectivity index (χ0) is 13.7. The molecule has 2 nitrogen and oxygen atoms in total. The number of aliphatic hydroxyl groups excluding tert-OH is 1. The highest BCUT2D eigenvalue weighted by atomic mass is 35.5. The van der Waals surface area contributed by atoms with Gasteiger partial charge in [0.2, 0.25) is 0 Å². The summed E-state index contributed by atoms with van der Waals surface area (Å²) in [5.41, 5.74) is 3.16. The summed E-state index contributed by atoms with van der Waals surface area (Å²) in [6.45, 7) is 0. The zero-order valence-corrected chi connectivity index (χ0v) is 11.7. The summed E-state index contributed by atoms with van der Waals surface area (Å²) >= 11 is 6.00. The van der Waals surface area contributed by atoms with E-state index in [9.17, 15) is 5.11 Å². The predicted octanol–water partition coefficient (Wildman–Crippen LogP) is 3.69. The lowest BCUT2D eigenvalue weighted by Gasteiger charge is -2.38. The van der Waals surface area contributed by atoms with Crippen molar-refractivity contribution in [3.63, 3.8) is 0 Å². The van der Waals surface area contributed by atoms with Crippen LogP contribution in [0.15, 0.2) is 42.5 Å². The van der Waals surface area contributed by atoms with Crippen molar-refractivity contribution in [2.45, 2.75) is 31.0 Å². The number of ether oxygens (including phenoxy) is 1. The molecule has 0 fully saturated rings. The molecule has 0 amide bonds. The molecule has 0 aromatic heterocycles. The molecule has 4 rings (SSSR count). The van der Waals surface area contributed by atoms with Crippen LogP contribution in [0.2, 0.25) is 5.02 Å². The third-order valence-corrected chi connectivity index (χ3v) is 4.60. The second kappa shape index (κ2) is 4.24. The number of halogens is 1. The SMILES string of the molecule is OC1CC2(Cc3ccccc3C2)Oc2ccc(Cl)cc21. The number of fused-ring (bicyclic) bond motifs is 2. The van der Waals surface area contributed by atoms with Crippen LogP contribution in [0.5, 0.6) is 5.75 Å². The van der Waals surface area contributed by atoms with Crippen molar-refractivity contribution in [1.29, 1.82) is 0 Å². The molecule has 0 saturated heterocycles. The highest BCUT2D eigenvalue weighted by Crippen LogP contribution is 2.46. The Hall–Kier alpha value is -1.51. The second-order valence-electron chi connectivity index (χ2n) is 5.81. The van der Waals surface area contributed by atoms with Gasteiger partial charge in [-0.15, -0.1) is 0 Å². The Morgan fingerprint density at radius 2 is 1.80 bits per heavy atom. The molecule has 20 heavy (non-hydrogen) atoms. The van der Waals surface area contributed by atoms with Gasteiger partial charge < -0.3 is 9.84 Å². The molecule has 1 heterocycles. The van der Waals surface area contributed by atoms with Gasteiger partial charge in [-0.25, -0.2) is 0 Å². The predicted molar refractivity (Wildman–Crippen MR) is 78.2 cm³/mol. The van der Waals surface area contributed by atoms with Gasteiger partial charge in [-0.1, -0.05) is 35.9 Å². The number of hydrogen-bond donors (Lipinski definition) is 1. The average molecular weight is 287 g/mol. The Kier molecular flexibility index (Phi) is 2.60. The third kappa shape index (κ3) is 1.83. The Morgan fingerprint density at radius 3 is 2.50 bits per heavy atom. The zero-order valence-electron chi connectivity index (χ0n) is 11.0. The standard InChI is InChI=1S/C17H15ClO2/c18-13-5-6-16-14(7-13)15(19)10-17(20-16)8-11-3-1-2-4-12(11)9-17/h1-7,15,19H,8-10H2. The van der Waals surface area contributed by atoms with Crippen molar-refractivity contribution in [1.82, 2.24) is 0 Å². The summed E-state index contributed by atoms with van der Waals surface area (Å²) in [5, 5.41) is 11.1. The first-order chi connectivity index (χ1) is 9.65. The number of aliphatic hydroxyl groups is 1. The third-order valence-electron chi connectivity index (χ3n) is 4.37. The van der Waals surface area contributed by atoms with E-state index in [0.29, 0.717) is 11.4 Å². The quantitative estimate of drug-likeness (QED) is 0.800. The van der Waals surface area contributed by atoms with E-state index in [1.807, 2.05) is 12.1 Å². The first-order valence-electron chi connectivity index (χ1n) is 6.89. The van der Waals surface area contributed by atoms with Crippen LogP contribution in [0.1, 0.15) is 29.2 Å². The minimum absolute atomic E-state index is 0.302. The average Bonchev–Trinajstić information content (AvgIpc) is 2.77. The molecule has 1 atom stereocenters. The molecule has 1 N–H and O–H groups in total. The summed E-state index contributed by atoms with van der Waals surface area (Å²) in [6.07, 6.45) is 1.84. The minimum Gasteiger partial charge on any atom is -0.486 e. The number of rotatable bonds is 0. The molecule has 1 unspecified atom stereocenters. The van der Waals surface area contributed by atoms with Crippen LogP contribution >= 0.6 is 11.6 Å². The van der Waals surface area contributed by atoms with E-state index in [4.69, 9.17) is 16.3 Å². The molecule has 0 bridgehead atoms. The maximum atomic E-state index is 10.5. The number of hydrogen-bond acceptors (Lipinski definition) is 2. The van der Waals surface area contributed by atoms with Gasteiger partial charge in [0.1, 0.15) is 11.4 Å². The highest BCUT2D eigenvalue weighted by molar-refractivity contribution is 6.30. The molecule has 3 heteroatoms. The first-order valence-corrected chi connectivity index (χ1v) is 7.26. The van der Waals surface area contributed by atoms with E-state index in [2.05, 4.69) is 24.3 Å². The lowest BCUT2D eigenvalue weighted by atomic mass is 9.86. The Morgan fingerprint density at radius 1 is 1.10 bits per heavy atom. The van der Waals surface area contributed by atoms with Gasteiger partial charge in [0, 0.05) is 29.8 Å². The van der Waals surface area contributed by atoms with Gasteiger partial charge in [0.15, 0.2) is 0 Å². The largest absolute Gasteiger partial charge is 0.486 e. The van der Waals surface area contributed by atoms with Crippen LogP contribution < -0.4 is 4.74 Å². The van der Waals surface area contributed by atoms with Gasteiger partial charge in [-0.3, -0.25) is 0 Å².